The first-order valence-corrected chi connectivity index (χ1v) is 10.6. The van der Waals surface area contributed by atoms with Crippen molar-refractivity contribution in [2.24, 2.45) is 5.92 Å². The summed E-state index contributed by atoms with van der Waals surface area (Å²) in [4.78, 5) is 36.6. The number of ether oxygens (including phenoxy) is 1. The number of para-hydroxylation sites is 1. The number of hydrogen-bond acceptors (Lipinski definition) is 6. The van der Waals surface area contributed by atoms with E-state index < -0.39 is 52.0 Å². The van der Waals surface area contributed by atoms with E-state index in [9.17, 15) is 37.3 Å². The van der Waals surface area contributed by atoms with Crippen LogP contribution in [0.3, 0.4) is 0 Å². The number of piperidine rings is 1. The lowest BCUT2D eigenvalue weighted by Gasteiger charge is -2.32. The molecule has 2 N–H and O–H groups in total. The van der Waals surface area contributed by atoms with Gasteiger partial charge >= 0.3 is 6.18 Å². The summed E-state index contributed by atoms with van der Waals surface area (Å²) in [6.45, 7) is 1.75. The molecule has 1 heterocycles. The van der Waals surface area contributed by atoms with Crippen molar-refractivity contribution in [2.45, 2.75) is 32.0 Å². The van der Waals surface area contributed by atoms with E-state index in [0.717, 1.165) is 12.1 Å². The predicted molar refractivity (Wildman–Crippen MR) is 116 cm³/mol. The number of alkyl halides is 3. The smallest absolute Gasteiger partial charge is 0.416 e. The van der Waals surface area contributed by atoms with Crippen molar-refractivity contribution in [1.82, 2.24) is 10.9 Å². The van der Waals surface area contributed by atoms with Gasteiger partial charge in [-0.15, -0.1) is 0 Å². The van der Waals surface area contributed by atoms with Crippen molar-refractivity contribution in [3.63, 3.8) is 0 Å². The summed E-state index contributed by atoms with van der Waals surface area (Å²) in [6.07, 6.45) is -5.31. The number of carbonyl (C=O) groups excluding carboxylic acids is 2. The van der Waals surface area contributed by atoms with E-state index in [0.29, 0.717) is 6.07 Å². The molecule has 2 amide bonds. The Morgan fingerprint density at radius 1 is 1.14 bits per heavy atom. The maximum absolute atomic E-state index is 13.6. The third-order valence-corrected chi connectivity index (χ3v) is 5.52. The van der Waals surface area contributed by atoms with Gasteiger partial charge in [-0.25, -0.2) is 4.39 Å². The second-order valence-corrected chi connectivity index (χ2v) is 7.89. The number of benzene rings is 2. The van der Waals surface area contributed by atoms with Crippen LogP contribution in [0.2, 0.25) is 0 Å². The Labute approximate surface area is 197 Å². The highest BCUT2D eigenvalue weighted by Crippen LogP contribution is 2.37. The van der Waals surface area contributed by atoms with Crippen molar-refractivity contribution < 1.29 is 36.8 Å². The summed E-state index contributed by atoms with van der Waals surface area (Å²) in [6, 6.07) is 7.86. The second kappa shape index (κ2) is 10.6. The van der Waals surface area contributed by atoms with Crippen LogP contribution in [0.5, 0.6) is 5.75 Å². The number of rotatable bonds is 6. The van der Waals surface area contributed by atoms with Crippen molar-refractivity contribution in [1.29, 1.82) is 0 Å². The molecule has 2 aromatic rings. The van der Waals surface area contributed by atoms with Crippen molar-refractivity contribution in [3.8, 4) is 5.75 Å². The summed E-state index contributed by atoms with van der Waals surface area (Å²) >= 11 is 0. The standard InChI is InChI=1S/C22H22F4N4O5/c1-13(35-19-5-3-2-4-16(19)23)20(31)27-28-21(32)14-8-10-29(11-9-14)17-7-6-15(22(24,25)26)12-18(17)30(33)34/h2-7,12-14H,8-11H2,1H3,(H,27,31)(H,28,32). The van der Waals surface area contributed by atoms with E-state index in [1.807, 2.05) is 0 Å². The van der Waals surface area contributed by atoms with Crippen LogP contribution in [0.4, 0.5) is 28.9 Å². The van der Waals surface area contributed by atoms with Gasteiger partial charge in [0.15, 0.2) is 17.7 Å². The van der Waals surface area contributed by atoms with Gasteiger partial charge in [-0.2, -0.15) is 13.2 Å². The van der Waals surface area contributed by atoms with Crippen molar-refractivity contribution >= 4 is 23.2 Å². The highest BCUT2D eigenvalue weighted by molar-refractivity contribution is 5.85. The molecule has 0 aromatic heterocycles. The Morgan fingerprint density at radius 2 is 1.80 bits per heavy atom. The highest BCUT2D eigenvalue weighted by Gasteiger charge is 2.35. The number of halogens is 4. The van der Waals surface area contributed by atoms with Crippen LogP contribution in [0.25, 0.3) is 0 Å². The van der Waals surface area contributed by atoms with Gasteiger partial charge in [-0.3, -0.25) is 30.6 Å². The van der Waals surface area contributed by atoms with Crippen LogP contribution < -0.4 is 20.5 Å². The summed E-state index contributed by atoms with van der Waals surface area (Å²) in [5.74, 6) is -2.51. The lowest BCUT2D eigenvalue weighted by atomic mass is 9.95. The number of amides is 2. The third kappa shape index (κ3) is 6.37. The van der Waals surface area contributed by atoms with E-state index in [4.69, 9.17) is 4.74 Å². The maximum atomic E-state index is 13.6. The summed E-state index contributed by atoms with van der Waals surface area (Å²) < 4.78 is 57.6. The van der Waals surface area contributed by atoms with Gasteiger partial charge in [-0.1, -0.05) is 12.1 Å². The molecule has 2 aromatic carbocycles. The van der Waals surface area contributed by atoms with Gasteiger partial charge in [-0.05, 0) is 44.0 Å². The molecule has 1 aliphatic heterocycles. The van der Waals surface area contributed by atoms with Gasteiger partial charge < -0.3 is 9.64 Å². The van der Waals surface area contributed by atoms with Crippen LogP contribution >= 0.6 is 0 Å². The van der Waals surface area contributed by atoms with Gasteiger partial charge in [0.05, 0.1) is 10.5 Å². The Morgan fingerprint density at radius 3 is 2.40 bits per heavy atom. The van der Waals surface area contributed by atoms with E-state index in [-0.39, 0.29) is 37.4 Å². The molecule has 3 rings (SSSR count). The minimum absolute atomic E-state index is 0.0364. The number of hydrazine groups is 1. The monoisotopic (exact) mass is 498 g/mol. The van der Waals surface area contributed by atoms with E-state index in [1.165, 1.54) is 31.2 Å². The van der Waals surface area contributed by atoms with Gasteiger partial charge in [0.25, 0.3) is 11.6 Å². The molecular formula is C22H22F4N4O5. The van der Waals surface area contributed by atoms with E-state index in [1.54, 1.807) is 4.90 Å². The molecule has 188 valence electrons. The van der Waals surface area contributed by atoms with E-state index >= 15 is 0 Å². The zero-order valence-corrected chi connectivity index (χ0v) is 18.5. The molecule has 0 saturated carbocycles. The molecule has 1 atom stereocenters. The number of nitro groups is 1. The van der Waals surface area contributed by atoms with Crippen LogP contribution in [0.15, 0.2) is 42.5 Å². The Balaban J connectivity index is 1.53. The minimum Gasteiger partial charge on any atom is -0.478 e. The van der Waals surface area contributed by atoms with Crippen LogP contribution in [0, 0.1) is 21.8 Å². The molecule has 1 saturated heterocycles. The number of anilines is 1. The largest absolute Gasteiger partial charge is 0.478 e. The lowest BCUT2D eigenvalue weighted by Crippen LogP contribution is -2.50. The Hall–Kier alpha value is -3.90. The van der Waals surface area contributed by atoms with Crippen molar-refractivity contribution in [2.75, 3.05) is 18.0 Å². The quantitative estimate of drug-likeness (QED) is 0.358. The summed E-state index contributed by atoms with van der Waals surface area (Å²) in [7, 11) is 0. The zero-order chi connectivity index (χ0) is 25.8. The van der Waals surface area contributed by atoms with Gasteiger partial charge in [0.1, 0.15) is 5.69 Å². The second-order valence-electron chi connectivity index (χ2n) is 7.89. The zero-order valence-electron chi connectivity index (χ0n) is 18.5. The topological polar surface area (TPSA) is 114 Å². The first-order chi connectivity index (χ1) is 16.5. The number of nitrogens with zero attached hydrogens (tertiary/aromatic N) is 2. The summed E-state index contributed by atoms with van der Waals surface area (Å²) in [5, 5.41) is 11.3. The minimum atomic E-state index is -4.71. The number of carbonyl (C=O) groups is 2. The fourth-order valence-electron chi connectivity index (χ4n) is 3.61. The molecule has 1 unspecified atom stereocenters. The molecule has 35 heavy (non-hydrogen) atoms. The highest BCUT2D eigenvalue weighted by atomic mass is 19.4. The molecular weight excluding hydrogens is 476 g/mol. The molecule has 0 bridgehead atoms. The van der Waals surface area contributed by atoms with Gasteiger partial charge in [0, 0.05) is 25.1 Å². The average molecular weight is 498 g/mol. The molecule has 0 spiro atoms. The lowest BCUT2D eigenvalue weighted by molar-refractivity contribution is -0.384. The molecule has 9 nitrogen and oxygen atoms in total. The average Bonchev–Trinajstić information content (AvgIpc) is 2.82. The maximum Gasteiger partial charge on any atom is 0.416 e. The third-order valence-electron chi connectivity index (χ3n) is 5.52. The van der Waals surface area contributed by atoms with Crippen LogP contribution in [-0.4, -0.2) is 35.9 Å². The molecule has 13 heteroatoms. The number of nitro benzene ring substituents is 1. The Kier molecular flexibility index (Phi) is 7.77. The number of hydrogen-bond donors (Lipinski definition) is 2. The Bertz CT molecular complexity index is 1100. The molecule has 1 fully saturated rings. The first-order valence-electron chi connectivity index (χ1n) is 10.6. The molecule has 1 aliphatic rings. The van der Waals surface area contributed by atoms with E-state index in [2.05, 4.69) is 10.9 Å². The van der Waals surface area contributed by atoms with Crippen LogP contribution in [-0.2, 0) is 15.8 Å². The molecule has 0 aliphatic carbocycles. The van der Waals surface area contributed by atoms with Gasteiger partial charge in [0.2, 0.25) is 5.91 Å². The molecule has 0 radical (unpaired) electrons. The predicted octanol–water partition coefficient (Wildman–Crippen LogP) is 3.58. The number of nitrogens with one attached hydrogen (secondary N) is 2. The van der Waals surface area contributed by atoms with Crippen molar-refractivity contribution in [3.05, 3.63) is 64.0 Å². The summed E-state index contributed by atoms with van der Waals surface area (Å²) in [5.41, 5.74) is 2.74. The fourth-order valence-corrected chi connectivity index (χ4v) is 3.61. The normalized spacial score (nSPS) is 15.3. The SMILES string of the molecule is CC(Oc1ccccc1F)C(=O)NNC(=O)C1CCN(c2ccc(C(F)(F)F)cc2[N+](=O)[O-])CC1. The van der Waals surface area contributed by atoms with Crippen LogP contribution in [0.1, 0.15) is 25.3 Å². The first kappa shape index (κ1) is 25.7. The fraction of sp³-hybridized carbons (Fsp3) is 0.364.